The normalized spacial score (nSPS) is 20.2. The summed E-state index contributed by atoms with van der Waals surface area (Å²) in [7, 11) is 0. The van der Waals surface area contributed by atoms with E-state index in [4.69, 9.17) is 11.6 Å². The smallest absolute Gasteiger partial charge is 0.251 e. The number of carbonyl (C=O) groups excluding carboxylic acids is 3. The Hall–Kier alpha value is -2.22. The average molecular weight is 491 g/mol. The first-order chi connectivity index (χ1) is 14.3. The summed E-state index contributed by atoms with van der Waals surface area (Å²) in [6, 6.07) is 12.3. The lowest BCUT2D eigenvalue weighted by molar-refractivity contribution is -0.123. The van der Waals surface area contributed by atoms with Crippen LogP contribution in [0.5, 0.6) is 0 Å². The van der Waals surface area contributed by atoms with Crippen molar-refractivity contribution in [1.82, 2.24) is 4.90 Å². The zero-order chi connectivity index (χ0) is 21.4. The second-order valence-electron chi connectivity index (χ2n) is 7.51. The molecule has 2 heterocycles. The van der Waals surface area contributed by atoms with Crippen LogP contribution in [0.25, 0.3) is 0 Å². The molecule has 0 radical (unpaired) electrons. The Bertz CT molecular complexity index is 1000. The van der Waals surface area contributed by atoms with Crippen molar-refractivity contribution < 1.29 is 14.4 Å². The van der Waals surface area contributed by atoms with E-state index < -0.39 is 6.04 Å². The lowest BCUT2D eigenvalue weighted by atomic mass is 10.1. The Balaban J connectivity index is 1.43. The topological polar surface area (TPSA) is 60.9 Å². The molecule has 0 N–H and O–H groups in total. The minimum Gasteiger partial charge on any atom is -0.369 e. The van der Waals surface area contributed by atoms with Crippen LogP contribution in [-0.2, 0) is 9.59 Å². The van der Waals surface area contributed by atoms with Crippen LogP contribution in [0.15, 0.2) is 46.9 Å². The summed E-state index contributed by atoms with van der Waals surface area (Å²) in [5, 5.41) is 0.366. The fourth-order valence-electron chi connectivity index (χ4n) is 4.02. The molecule has 2 saturated heterocycles. The van der Waals surface area contributed by atoms with E-state index in [1.165, 1.54) is 4.90 Å². The van der Waals surface area contributed by atoms with Gasteiger partial charge in [-0.1, -0.05) is 27.5 Å². The Morgan fingerprint density at radius 2 is 1.70 bits per heavy atom. The SMILES string of the molecule is CC(=O)c1ccc(N2CCN([C@H]3CC(=O)N(c4ccc(Br)cc4Cl)C3=O)CC2)cc1. The lowest BCUT2D eigenvalue weighted by Crippen LogP contribution is -2.52. The number of carbonyl (C=O) groups is 3. The van der Waals surface area contributed by atoms with Gasteiger partial charge in [-0.3, -0.25) is 19.3 Å². The van der Waals surface area contributed by atoms with Crippen molar-refractivity contribution in [2.75, 3.05) is 36.0 Å². The largest absolute Gasteiger partial charge is 0.369 e. The van der Waals surface area contributed by atoms with Crippen LogP contribution in [0, 0.1) is 0 Å². The van der Waals surface area contributed by atoms with Crippen molar-refractivity contribution in [3.05, 3.63) is 57.5 Å². The minimum absolute atomic E-state index is 0.0474. The molecule has 0 bridgehead atoms. The Labute approximate surface area is 188 Å². The molecule has 0 spiro atoms. The highest BCUT2D eigenvalue weighted by Gasteiger charge is 2.44. The van der Waals surface area contributed by atoms with E-state index in [0.717, 1.165) is 23.2 Å². The number of rotatable bonds is 4. The second-order valence-corrected chi connectivity index (χ2v) is 8.83. The van der Waals surface area contributed by atoms with Gasteiger partial charge in [-0.15, -0.1) is 0 Å². The monoisotopic (exact) mass is 489 g/mol. The predicted octanol–water partition coefficient (Wildman–Crippen LogP) is 3.76. The maximum Gasteiger partial charge on any atom is 0.251 e. The van der Waals surface area contributed by atoms with Gasteiger partial charge in [0.2, 0.25) is 5.91 Å². The van der Waals surface area contributed by atoms with Crippen LogP contribution >= 0.6 is 27.5 Å². The molecule has 0 aliphatic carbocycles. The van der Waals surface area contributed by atoms with E-state index in [0.29, 0.717) is 29.4 Å². The van der Waals surface area contributed by atoms with Gasteiger partial charge in [0.25, 0.3) is 5.91 Å². The molecule has 0 aromatic heterocycles. The van der Waals surface area contributed by atoms with Crippen molar-refractivity contribution in [2.24, 2.45) is 0 Å². The van der Waals surface area contributed by atoms with Crippen LogP contribution in [0.4, 0.5) is 11.4 Å². The number of piperazine rings is 1. The number of Topliss-reactive ketones (excluding diaryl/α,β-unsaturated/α-hetero) is 1. The van der Waals surface area contributed by atoms with E-state index >= 15 is 0 Å². The zero-order valence-corrected chi connectivity index (χ0v) is 18.8. The fourth-order valence-corrected chi connectivity index (χ4v) is 4.77. The summed E-state index contributed by atoms with van der Waals surface area (Å²) in [6.07, 6.45) is 0.165. The Morgan fingerprint density at radius 3 is 2.30 bits per heavy atom. The van der Waals surface area contributed by atoms with Gasteiger partial charge in [-0.25, -0.2) is 4.90 Å². The molecule has 0 unspecified atom stereocenters. The summed E-state index contributed by atoms with van der Waals surface area (Å²) in [5.74, 6) is -0.397. The number of halogens is 2. The van der Waals surface area contributed by atoms with Gasteiger partial charge >= 0.3 is 0 Å². The second kappa shape index (κ2) is 8.49. The number of benzene rings is 2. The maximum absolute atomic E-state index is 13.1. The number of hydrogen-bond acceptors (Lipinski definition) is 5. The Morgan fingerprint density at radius 1 is 1.03 bits per heavy atom. The minimum atomic E-state index is -0.459. The van der Waals surface area contributed by atoms with Crippen molar-refractivity contribution in [3.63, 3.8) is 0 Å². The first-order valence-electron chi connectivity index (χ1n) is 9.77. The predicted molar refractivity (Wildman–Crippen MR) is 120 cm³/mol. The highest BCUT2D eigenvalue weighted by Crippen LogP contribution is 2.34. The molecule has 2 aliphatic rings. The number of anilines is 2. The van der Waals surface area contributed by atoms with Crippen LogP contribution in [0.3, 0.4) is 0 Å². The summed E-state index contributed by atoms with van der Waals surface area (Å²) < 4.78 is 0.791. The molecule has 2 aromatic carbocycles. The Kier molecular flexibility index (Phi) is 5.95. The first-order valence-corrected chi connectivity index (χ1v) is 10.9. The molecule has 2 aromatic rings. The molecule has 2 aliphatic heterocycles. The van der Waals surface area contributed by atoms with Crippen LogP contribution in [0.2, 0.25) is 5.02 Å². The van der Waals surface area contributed by atoms with Crippen LogP contribution < -0.4 is 9.80 Å². The average Bonchev–Trinajstić information content (AvgIpc) is 3.02. The standard InChI is InChI=1S/C22H21BrClN3O3/c1-14(28)15-2-5-17(6-3-15)25-8-10-26(11-9-25)20-13-21(29)27(22(20)30)19-7-4-16(23)12-18(19)24/h2-7,12,20H,8-11,13H2,1H3/t20-/m0/s1. The lowest BCUT2D eigenvalue weighted by Gasteiger charge is -2.38. The molecule has 4 rings (SSSR count). The molecule has 8 heteroatoms. The number of nitrogens with zero attached hydrogens (tertiary/aromatic N) is 3. The number of hydrogen-bond donors (Lipinski definition) is 0. The van der Waals surface area contributed by atoms with Crippen molar-refractivity contribution in [1.29, 1.82) is 0 Å². The van der Waals surface area contributed by atoms with Crippen molar-refractivity contribution in [3.8, 4) is 0 Å². The number of imide groups is 1. The summed E-state index contributed by atoms with van der Waals surface area (Å²) >= 11 is 9.62. The fraction of sp³-hybridized carbons (Fsp3) is 0.318. The number of amides is 2. The van der Waals surface area contributed by atoms with Gasteiger partial charge in [0.05, 0.1) is 23.2 Å². The molecule has 0 saturated carbocycles. The molecule has 156 valence electrons. The number of ketones is 1. The van der Waals surface area contributed by atoms with E-state index in [1.807, 2.05) is 24.3 Å². The zero-order valence-electron chi connectivity index (χ0n) is 16.5. The van der Waals surface area contributed by atoms with Gasteiger partial charge in [0.15, 0.2) is 5.78 Å². The van der Waals surface area contributed by atoms with Gasteiger partial charge in [0.1, 0.15) is 0 Å². The van der Waals surface area contributed by atoms with E-state index in [9.17, 15) is 14.4 Å². The maximum atomic E-state index is 13.1. The first kappa shape index (κ1) is 21.0. The molecule has 2 amide bonds. The van der Waals surface area contributed by atoms with Crippen molar-refractivity contribution in [2.45, 2.75) is 19.4 Å². The third-order valence-corrected chi connectivity index (χ3v) is 6.46. The van der Waals surface area contributed by atoms with Gasteiger partial charge in [0, 0.05) is 41.9 Å². The van der Waals surface area contributed by atoms with Gasteiger partial charge < -0.3 is 4.90 Å². The third kappa shape index (κ3) is 4.02. The summed E-state index contributed by atoms with van der Waals surface area (Å²) in [5.41, 5.74) is 2.18. The van der Waals surface area contributed by atoms with E-state index in [2.05, 4.69) is 25.7 Å². The van der Waals surface area contributed by atoms with Crippen LogP contribution in [-0.4, -0.2) is 54.7 Å². The van der Waals surface area contributed by atoms with Gasteiger partial charge in [-0.2, -0.15) is 0 Å². The summed E-state index contributed by atoms with van der Waals surface area (Å²) in [4.78, 5) is 42.6. The molecule has 1 atom stereocenters. The van der Waals surface area contributed by atoms with Crippen molar-refractivity contribution >= 4 is 56.5 Å². The van der Waals surface area contributed by atoms with Gasteiger partial charge in [-0.05, 0) is 49.4 Å². The molecular formula is C22H21BrClN3O3. The van der Waals surface area contributed by atoms with E-state index in [1.54, 1.807) is 25.1 Å². The molecule has 6 nitrogen and oxygen atoms in total. The highest BCUT2D eigenvalue weighted by atomic mass is 79.9. The van der Waals surface area contributed by atoms with Crippen LogP contribution in [0.1, 0.15) is 23.7 Å². The van der Waals surface area contributed by atoms with E-state index in [-0.39, 0.29) is 24.0 Å². The quantitative estimate of drug-likeness (QED) is 0.482. The molecule has 2 fully saturated rings. The third-order valence-electron chi connectivity index (χ3n) is 5.67. The summed E-state index contributed by atoms with van der Waals surface area (Å²) in [6.45, 7) is 4.41. The molecule has 30 heavy (non-hydrogen) atoms. The highest BCUT2D eigenvalue weighted by molar-refractivity contribution is 9.10. The molecular weight excluding hydrogens is 470 g/mol.